The van der Waals surface area contributed by atoms with Crippen LogP contribution in [-0.2, 0) is 9.59 Å². The van der Waals surface area contributed by atoms with Gasteiger partial charge in [-0.25, -0.2) is 0 Å². The minimum absolute atomic E-state index is 0.148. The van der Waals surface area contributed by atoms with Gasteiger partial charge in [-0.2, -0.15) is 0 Å². The molecule has 0 aliphatic heterocycles. The second-order valence-electron chi connectivity index (χ2n) is 3.38. The lowest BCUT2D eigenvalue weighted by atomic mass is 10.2. The molecule has 0 radical (unpaired) electrons. The maximum absolute atomic E-state index is 10.7. The topological polar surface area (TPSA) is 37.4 Å². The first-order valence-corrected chi connectivity index (χ1v) is 4.71. The molecule has 0 aromatic rings. The molecule has 14 heavy (non-hydrogen) atoms. The Hall–Kier alpha value is -1.14. The molecule has 0 aliphatic rings. The Kier molecular flexibility index (Phi) is 6.69. The van der Waals surface area contributed by atoms with Crippen molar-refractivity contribution in [3.63, 3.8) is 0 Å². The molecule has 0 aromatic carbocycles. The fourth-order valence-electron chi connectivity index (χ4n) is 1.03. The van der Waals surface area contributed by atoms with Crippen LogP contribution in [0.1, 0.15) is 26.7 Å². The Labute approximate surface area is 85.5 Å². The largest absolute Gasteiger partial charge is 0.300 e. The van der Waals surface area contributed by atoms with Crippen LogP contribution in [0, 0.1) is 12.3 Å². The molecule has 0 aliphatic carbocycles. The minimum atomic E-state index is 0.148. The van der Waals surface area contributed by atoms with Crippen LogP contribution in [0.2, 0.25) is 0 Å². The summed E-state index contributed by atoms with van der Waals surface area (Å²) in [7, 11) is 0. The molecule has 0 amide bonds. The zero-order valence-corrected chi connectivity index (χ0v) is 8.88. The number of carbonyl (C=O) groups is 2. The summed E-state index contributed by atoms with van der Waals surface area (Å²) in [4.78, 5) is 23.4. The van der Waals surface area contributed by atoms with E-state index in [9.17, 15) is 9.59 Å². The molecule has 0 atom stereocenters. The molecule has 0 aromatic heterocycles. The summed E-state index contributed by atoms with van der Waals surface area (Å²) >= 11 is 0. The van der Waals surface area contributed by atoms with Crippen molar-refractivity contribution in [1.82, 2.24) is 4.90 Å². The van der Waals surface area contributed by atoms with E-state index in [1.54, 1.807) is 13.8 Å². The van der Waals surface area contributed by atoms with Gasteiger partial charge in [0.25, 0.3) is 0 Å². The normalized spacial score (nSPS) is 9.86. The van der Waals surface area contributed by atoms with Crippen molar-refractivity contribution in [2.75, 3.05) is 19.6 Å². The maximum Gasteiger partial charge on any atom is 0.131 e. The van der Waals surface area contributed by atoms with Crippen LogP contribution < -0.4 is 0 Å². The third kappa shape index (κ3) is 7.51. The van der Waals surface area contributed by atoms with Gasteiger partial charge in [0.1, 0.15) is 11.6 Å². The third-order valence-electron chi connectivity index (χ3n) is 1.88. The van der Waals surface area contributed by atoms with Gasteiger partial charge >= 0.3 is 0 Å². The van der Waals surface area contributed by atoms with Gasteiger partial charge in [-0.3, -0.25) is 14.5 Å². The Bertz CT molecular complexity index is 222. The summed E-state index contributed by atoms with van der Waals surface area (Å²) < 4.78 is 0. The predicted octanol–water partition coefficient (Wildman–Crippen LogP) is 0.880. The monoisotopic (exact) mass is 195 g/mol. The lowest BCUT2D eigenvalue weighted by molar-refractivity contribution is -0.117. The third-order valence-corrected chi connectivity index (χ3v) is 1.88. The van der Waals surface area contributed by atoms with Crippen LogP contribution in [0.5, 0.6) is 0 Å². The first-order chi connectivity index (χ1) is 6.56. The van der Waals surface area contributed by atoms with E-state index in [-0.39, 0.29) is 11.6 Å². The van der Waals surface area contributed by atoms with Crippen molar-refractivity contribution in [3.8, 4) is 12.3 Å². The van der Waals surface area contributed by atoms with Gasteiger partial charge < -0.3 is 0 Å². The Morgan fingerprint density at radius 3 is 1.86 bits per heavy atom. The number of Topliss-reactive ketones (excluding diaryl/α,β-unsaturated/α-hetero) is 2. The Morgan fingerprint density at radius 2 is 1.57 bits per heavy atom. The summed E-state index contributed by atoms with van der Waals surface area (Å²) in [5.41, 5.74) is 0. The molecule has 0 unspecified atom stereocenters. The van der Waals surface area contributed by atoms with Crippen molar-refractivity contribution >= 4 is 11.6 Å². The fraction of sp³-hybridized carbons (Fsp3) is 0.636. The highest BCUT2D eigenvalue weighted by Crippen LogP contribution is 1.95. The molecule has 0 heterocycles. The fourth-order valence-corrected chi connectivity index (χ4v) is 1.03. The molecule has 0 rings (SSSR count). The molecular weight excluding hydrogens is 178 g/mol. The summed E-state index contributed by atoms with van der Waals surface area (Å²) in [5.74, 6) is 2.81. The van der Waals surface area contributed by atoms with Gasteiger partial charge in [0, 0.05) is 25.9 Å². The van der Waals surface area contributed by atoms with Gasteiger partial charge in [0.05, 0.1) is 6.54 Å². The van der Waals surface area contributed by atoms with E-state index in [1.165, 1.54) is 0 Å². The van der Waals surface area contributed by atoms with Crippen LogP contribution in [0.3, 0.4) is 0 Å². The van der Waals surface area contributed by atoms with Crippen molar-refractivity contribution in [2.45, 2.75) is 26.7 Å². The summed E-state index contributed by atoms with van der Waals surface area (Å²) in [6.45, 7) is 4.90. The highest BCUT2D eigenvalue weighted by Gasteiger charge is 2.05. The van der Waals surface area contributed by atoms with E-state index < -0.39 is 0 Å². The molecule has 78 valence electrons. The smallest absolute Gasteiger partial charge is 0.131 e. The summed E-state index contributed by atoms with van der Waals surface area (Å²) in [6, 6.07) is 0. The van der Waals surface area contributed by atoms with E-state index in [1.807, 2.05) is 4.90 Å². The highest BCUT2D eigenvalue weighted by molar-refractivity contribution is 5.76. The number of hydrogen-bond acceptors (Lipinski definition) is 3. The first-order valence-electron chi connectivity index (χ1n) is 4.71. The molecule has 0 spiro atoms. The highest BCUT2D eigenvalue weighted by atomic mass is 16.1. The predicted molar refractivity (Wildman–Crippen MR) is 55.9 cm³/mol. The minimum Gasteiger partial charge on any atom is -0.300 e. The quantitative estimate of drug-likeness (QED) is 0.566. The molecule has 0 N–H and O–H groups in total. The van der Waals surface area contributed by atoms with Gasteiger partial charge in [-0.1, -0.05) is 5.92 Å². The van der Waals surface area contributed by atoms with Gasteiger partial charge in [0.2, 0.25) is 0 Å². The van der Waals surface area contributed by atoms with Crippen LogP contribution >= 0.6 is 0 Å². The van der Waals surface area contributed by atoms with Crippen molar-refractivity contribution in [3.05, 3.63) is 0 Å². The lowest BCUT2D eigenvalue weighted by Crippen LogP contribution is -2.28. The molecule has 3 nitrogen and oxygen atoms in total. The Balaban J connectivity index is 3.83. The van der Waals surface area contributed by atoms with Gasteiger partial charge in [-0.05, 0) is 13.8 Å². The van der Waals surface area contributed by atoms with Crippen LogP contribution in [0.4, 0.5) is 0 Å². The first kappa shape index (κ1) is 12.9. The van der Waals surface area contributed by atoms with E-state index in [4.69, 9.17) is 6.42 Å². The molecule has 0 saturated heterocycles. The molecule has 0 saturated carbocycles. The number of nitrogens with zero attached hydrogens (tertiary/aromatic N) is 1. The average molecular weight is 195 g/mol. The van der Waals surface area contributed by atoms with E-state index in [0.29, 0.717) is 32.5 Å². The second-order valence-corrected chi connectivity index (χ2v) is 3.38. The van der Waals surface area contributed by atoms with Gasteiger partial charge in [-0.15, -0.1) is 6.42 Å². The van der Waals surface area contributed by atoms with E-state index >= 15 is 0 Å². The summed E-state index contributed by atoms with van der Waals surface area (Å²) in [6.07, 6.45) is 6.18. The molecule has 0 fully saturated rings. The maximum atomic E-state index is 10.7. The van der Waals surface area contributed by atoms with Crippen LogP contribution in [0.25, 0.3) is 0 Å². The summed E-state index contributed by atoms with van der Waals surface area (Å²) in [5, 5.41) is 0. The number of terminal acetylenes is 1. The Morgan fingerprint density at radius 1 is 1.14 bits per heavy atom. The number of carbonyl (C=O) groups excluding carboxylic acids is 2. The second kappa shape index (κ2) is 7.28. The van der Waals surface area contributed by atoms with E-state index in [0.717, 1.165) is 0 Å². The SMILES string of the molecule is C#CCN(CCC(C)=O)CCC(C)=O. The zero-order valence-electron chi connectivity index (χ0n) is 8.88. The number of ketones is 2. The van der Waals surface area contributed by atoms with Crippen molar-refractivity contribution < 1.29 is 9.59 Å². The number of rotatable bonds is 7. The lowest BCUT2D eigenvalue weighted by Gasteiger charge is -2.17. The molecule has 3 heteroatoms. The van der Waals surface area contributed by atoms with Crippen LogP contribution in [0.15, 0.2) is 0 Å². The van der Waals surface area contributed by atoms with E-state index in [2.05, 4.69) is 5.92 Å². The standard InChI is InChI=1S/C11H17NO2/c1-4-7-12(8-5-10(2)13)9-6-11(3)14/h1H,5-9H2,2-3H3. The van der Waals surface area contributed by atoms with Crippen LogP contribution in [-0.4, -0.2) is 36.1 Å². The zero-order chi connectivity index (χ0) is 11.0. The van der Waals surface area contributed by atoms with Crippen molar-refractivity contribution in [1.29, 1.82) is 0 Å². The van der Waals surface area contributed by atoms with Gasteiger partial charge in [0.15, 0.2) is 0 Å². The molecule has 0 bridgehead atoms. The van der Waals surface area contributed by atoms with Crippen molar-refractivity contribution in [2.24, 2.45) is 0 Å². The molecular formula is C11H17NO2. The average Bonchev–Trinajstić information content (AvgIpc) is 2.09. The number of hydrogen-bond donors (Lipinski definition) is 0.